The fourth-order valence-corrected chi connectivity index (χ4v) is 4.53. The number of rotatable bonds is 8. The summed E-state index contributed by atoms with van der Waals surface area (Å²) >= 11 is 3.14. The van der Waals surface area contributed by atoms with Crippen LogP contribution in [-0.4, -0.2) is 34.6 Å². The van der Waals surface area contributed by atoms with Crippen molar-refractivity contribution in [2.45, 2.75) is 50.0 Å². The zero-order valence-electron chi connectivity index (χ0n) is 14.4. The molecule has 1 aromatic heterocycles. The first-order valence-electron chi connectivity index (χ1n) is 8.73. The average molecular weight is 378 g/mol. The van der Waals surface area contributed by atoms with Crippen LogP contribution in [0.25, 0.3) is 0 Å². The molecule has 1 amide bonds. The summed E-state index contributed by atoms with van der Waals surface area (Å²) in [5, 5.41) is 12.6. The Morgan fingerprint density at radius 2 is 2.28 bits per heavy atom. The van der Waals surface area contributed by atoms with Gasteiger partial charge in [-0.2, -0.15) is 0 Å². The van der Waals surface area contributed by atoms with Gasteiger partial charge < -0.3 is 4.74 Å². The van der Waals surface area contributed by atoms with Gasteiger partial charge in [0, 0.05) is 23.7 Å². The van der Waals surface area contributed by atoms with Crippen LogP contribution in [0.5, 0.6) is 0 Å². The van der Waals surface area contributed by atoms with Crippen LogP contribution >= 0.6 is 23.1 Å². The molecule has 0 bridgehead atoms. The van der Waals surface area contributed by atoms with Crippen molar-refractivity contribution in [2.75, 3.05) is 17.7 Å². The molecule has 0 aliphatic carbocycles. The molecule has 2 aromatic rings. The highest BCUT2D eigenvalue weighted by Gasteiger charge is 2.18. The van der Waals surface area contributed by atoms with Gasteiger partial charge in [0.1, 0.15) is 5.01 Å². The highest BCUT2D eigenvalue weighted by atomic mass is 32.2. The molecule has 1 fully saturated rings. The van der Waals surface area contributed by atoms with Gasteiger partial charge >= 0.3 is 0 Å². The number of thioether (sulfide) groups is 1. The molecule has 25 heavy (non-hydrogen) atoms. The highest BCUT2D eigenvalue weighted by molar-refractivity contribution is 7.99. The average Bonchev–Trinajstić information content (AvgIpc) is 3.30. The van der Waals surface area contributed by atoms with Crippen LogP contribution in [0.1, 0.15) is 48.0 Å². The van der Waals surface area contributed by atoms with E-state index in [2.05, 4.69) is 22.4 Å². The highest BCUT2D eigenvalue weighted by Crippen LogP contribution is 2.27. The molecular formula is C18H23N3O2S2. The number of carbonyl (C=O) groups excluding carboxylic acids is 1. The number of unbranched alkanes of at least 4 members (excludes halogenated alkanes) is 1. The van der Waals surface area contributed by atoms with Crippen LogP contribution in [0.2, 0.25) is 0 Å². The molecule has 1 unspecified atom stereocenters. The van der Waals surface area contributed by atoms with Gasteiger partial charge in [0.15, 0.2) is 0 Å². The third-order valence-corrected chi connectivity index (χ3v) is 6.12. The van der Waals surface area contributed by atoms with E-state index >= 15 is 0 Å². The van der Waals surface area contributed by atoms with Crippen LogP contribution in [0, 0.1) is 0 Å². The Labute approximate surface area is 156 Å². The first-order valence-corrected chi connectivity index (χ1v) is 10.5. The van der Waals surface area contributed by atoms with Gasteiger partial charge in [-0.05, 0) is 31.4 Å². The smallest absolute Gasteiger partial charge is 0.258 e. The molecule has 1 aliphatic rings. The molecule has 0 radical (unpaired) electrons. The Balaban J connectivity index is 1.62. The van der Waals surface area contributed by atoms with E-state index in [4.69, 9.17) is 4.74 Å². The van der Waals surface area contributed by atoms with E-state index in [1.54, 1.807) is 11.8 Å². The fraction of sp³-hybridized carbons (Fsp3) is 0.500. The second kappa shape index (κ2) is 9.31. The second-order valence-electron chi connectivity index (χ2n) is 6.00. The Kier molecular flexibility index (Phi) is 6.84. The minimum atomic E-state index is -0.131. The van der Waals surface area contributed by atoms with Gasteiger partial charge in [0.25, 0.3) is 5.91 Å². The number of anilines is 1. The van der Waals surface area contributed by atoms with Gasteiger partial charge in [-0.3, -0.25) is 10.1 Å². The van der Waals surface area contributed by atoms with E-state index in [-0.39, 0.29) is 5.91 Å². The summed E-state index contributed by atoms with van der Waals surface area (Å²) in [5.41, 5.74) is 0.677. The summed E-state index contributed by atoms with van der Waals surface area (Å²) in [6.07, 6.45) is 5.65. The number of nitrogens with zero attached hydrogens (tertiary/aromatic N) is 2. The maximum Gasteiger partial charge on any atom is 0.258 e. The Morgan fingerprint density at radius 3 is 3.08 bits per heavy atom. The number of hydrogen-bond acceptors (Lipinski definition) is 6. The fourth-order valence-electron chi connectivity index (χ4n) is 2.64. The predicted octanol–water partition coefficient (Wildman–Crippen LogP) is 4.40. The maximum absolute atomic E-state index is 12.6. The van der Waals surface area contributed by atoms with Gasteiger partial charge in [-0.1, -0.05) is 36.8 Å². The molecule has 5 nitrogen and oxygen atoms in total. The number of amides is 1. The van der Waals surface area contributed by atoms with E-state index in [0.717, 1.165) is 54.4 Å². The minimum absolute atomic E-state index is 0.131. The van der Waals surface area contributed by atoms with Crippen LogP contribution < -0.4 is 5.32 Å². The van der Waals surface area contributed by atoms with Crippen LogP contribution in [0.4, 0.5) is 5.13 Å². The largest absolute Gasteiger partial charge is 0.377 e. The monoisotopic (exact) mass is 377 g/mol. The van der Waals surface area contributed by atoms with Crippen LogP contribution in [-0.2, 0) is 11.2 Å². The molecule has 1 aromatic carbocycles. The van der Waals surface area contributed by atoms with Crippen molar-refractivity contribution in [3.63, 3.8) is 0 Å². The first kappa shape index (κ1) is 18.4. The third kappa shape index (κ3) is 5.26. The van der Waals surface area contributed by atoms with Crippen molar-refractivity contribution in [1.29, 1.82) is 0 Å². The summed E-state index contributed by atoms with van der Waals surface area (Å²) in [7, 11) is 0. The van der Waals surface area contributed by atoms with Gasteiger partial charge in [-0.25, -0.2) is 0 Å². The predicted molar refractivity (Wildman–Crippen MR) is 103 cm³/mol. The summed E-state index contributed by atoms with van der Waals surface area (Å²) in [6.45, 7) is 3.00. The summed E-state index contributed by atoms with van der Waals surface area (Å²) < 4.78 is 5.67. The molecule has 1 aliphatic heterocycles. The molecule has 0 spiro atoms. The molecule has 0 saturated carbocycles. The number of aromatic nitrogens is 2. The zero-order chi connectivity index (χ0) is 17.5. The number of ether oxygens (including phenoxy) is 1. The summed E-state index contributed by atoms with van der Waals surface area (Å²) in [6, 6.07) is 7.69. The number of aryl methyl sites for hydroxylation is 1. The van der Waals surface area contributed by atoms with E-state index in [1.165, 1.54) is 11.3 Å². The Bertz CT molecular complexity index is 699. The van der Waals surface area contributed by atoms with Crippen molar-refractivity contribution in [3.8, 4) is 0 Å². The normalized spacial score (nSPS) is 16.9. The Hall–Kier alpha value is -1.44. The van der Waals surface area contributed by atoms with Gasteiger partial charge in [0.05, 0.1) is 11.7 Å². The van der Waals surface area contributed by atoms with Crippen molar-refractivity contribution in [3.05, 3.63) is 34.8 Å². The third-order valence-electron chi connectivity index (χ3n) is 4.01. The lowest BCUT2D eigenvalue weighted by Crippen LogP contribution is -2.14. The first-order chi connectivity index (χ1) is 12.3. The lowest BCUT2D eigenvalue weighted by molar-refractivity contribution is 0.102. The van der Waals surface area contributed by atoms with Crippen molar-refractivity contribution < 1.29 is 9.53 Å². The van der Waals surface area contributed by atoms with Gasteiger partial charge in [-0.15, -0.1) is 22.0 Å². The number of hydrogen-bond donors (Lipinski definition) is 1. The second-order valence-corrected chi connectivity index (χ2v) is 8.12. The maximum atomic E-state index is 12.6. The van der Waals surface area contributed by atoms with E-state index in [9.17, 15) is 4.79 Å². The van der Waals surface area contributed by atoms with Crippen LogP contribution in [0.15, 0.2) is 29.2 Å². The number of carbonyl (C=O) groups is 1. The SMILES string of the molecule is CCCCc1nnc(NC(=O)c2ccccc2SCC2CCCO2)s1. The van der Waals surface area contributed by atoms with Crippen molar-refractivity contribution in [2.24, 2.45) is 0 Å². The molecule has 3 rings (SSSR count). The Morgan fingerprint density at radius 1 is 1.40 bits per heavy atom. The molecule has 1 N–H and O–H groups in total. The minimum Gasteiger partial charge on any atom is -0.377 e. The summed E-state index contributed by atoms with van der Waals surface area (Å²) in [4.78, 5) is 13.6. The topological polar surface area (TPSA) is 64.1 Å². The molecular weight excluding hydrogens is 354 g/mol. The molecule has 7 heteroatoms. The number of nitrogens with one attached hydrogen (secondary N) is 1. The molecule has 134 valence electrons. The molecule has 1 saturated heterocycles. The zero-order valence-corrected chi connectivity index (χ0v) is 16.0. The lowest BCUT2D eigenvalue weighted by Gasteiger charge is -2.11. The lowest BCUT2D eigenvalue weighted by atomic mass is 10.2. The van der Waals surface area contributed by atoms with E-state index in [0.29, 0.717) is 16.8 Å². The quantitative estimate of drug-likeness (QED) is 0.691. The standard InChI is InChI=1S/C18H23N3O2S2/c1-2-3-10-16-20-21-18(25-16)19-17(22)14-8-4-5-9-15(14)24-12-13-7-6-11-23-13/h4-5,8-9,13H,2-3,6-7,10-12H2,1H3,(H,19,21,22). The molecule has 1 atom stereocenters. The van der Waals surface area contributed by atoms with Crippen molar-refractivity contribution in [1.82, 2.24) is 10.2 Å². The van der Waals surface area contributed by atoms with E-state index < -0.39 is 0 Å². The summed E-state index contributed by atoms with van der Waals surface area (Å²) in [5.74, 6) is 0.748. The van der Waals surface area contributed by atoms with Crippen LogP contribution in [0.3, 0.4) is 0 Å². The van der Waals surface area contributed by atoms with Crippen molar-refractivity contribution >= 4 is 34.1 Å². The number of benzene rings is 1. The van der Waals surface area contributed by atoms with E-state index in [1.807, 2.05) is 24.3 Å². The molecule has 2 heterocycles. The van der Waals surface area contributed by atoms with Gasteiger partial charge in [0.2, 0.25) is 5.13 Å².